The molecule has 2 aromatic rings. The van der Waals surface area contributed by atoms with Crippen LogP contribution in [0.25, 0.3) is 0 Å². The Labute approximate surface area is 140 Å². The minimum Gasteiger partial charge on any atom is -0.487 e. The van der Waals surface area contributed by atoms with Crippen LogP contribution in [0.5, 0.6) is 5.75 Å². The van der Waals surface area contributed by atoms with Gasteiger partial charge in [-0.1, -0.05) is 23.7 Å². The zero-order chi connectivity index (χ0) is 16.4. The Balaban J connectivity index is 1.71. The van der Waals surface area contributed by atoms with E-state index in [1.165, 1.54) is 0 Å². The number of rotatable bonds is 5. The Morgan fingerprint density at radius 1 is 1.35 bits per heavy atom. The highest BCUT2D eigenvalue weighted by Crippen LogP contribution is 2.48. The van der Waals surface area contributed by atoms with Crippen molar-refractivity contribution in [3.05, 3.63) is 53.3 Å². The van der Waals surface area contributed by atoms with Crippen molar-refractivity contribution in [2.45, 2.75) is 32.3 Å². The van der Waals surface area contributed by atoms with Gasteiger partial charge in [-0.15, -0.1) is 0 Å². The molecule has 23 heavy (non-hydrogen) atoms. The molecule has 1 aliphatic rings. The van der Waals surface area contributed by atoms with Crippen molar-refractivity contribution in [1.82, 2.24) is 4.98 Å². The van der Waals surface area contributed by atoms with Gasteiger partial charge in [0.25, 0.3) is 0 Å². The van der Waals surface area contributed by atoms with Gasteiger partial charge in [0, 0.05) is 18.3 Å². The lowest BCUT2D eigenvalue weighted by Crippen LogP contribution is -2.16. The molecule has 1 saturated carbocycles. The van der Waals surface area contributed by atoms with Crippen molar-refractivity contribution in [3.63, 3.8) is 0 Å². The number of ether oxygens (including phenoxy) is 1. The van der Waals surface area contributed by atoms with Gasteiger partial charge in [0.1, 0.15) is 0 Å². The molecule has 0 spiro atoms. The second kappa shape index (κ2) is 6.59. The van der Waals surface area contributed by atoms with E-state index in [2.05, 4.69) is 10.3 Å². The number of nitrogens with one attached hydrogen (secondary N) is 1. The summed E-state index contributed by atoms with van der Waals surface area (Å²) in [5.74, 6) is 0.744. The van der Waals surface area contributed by atoms with Crippen LogP contribution in [-0.4, -0.2) is 17.0 Å². The first-order valence-corrected chi connectivity index (χ1v) is 8.10. The van der Waals surface area contributed by atoms with E-state index in [1.54, 1.807) is 18.3 Å². The molecule has 0 saturated heterocycles. The van der Waals surface area contributed by atoms with Crippen LogP contribution >= 0.6 is 11.6 Å². The van der Waals surface area contributed by atoms with Crippen molar-refractivity contribution in [2.24, 2.45) is 5.92 Å². The van der Waals surface area contributed by atoms with E-state index >= 15 is 0 Å². The van der Waals surface area contributed by atoms with E-state index in [0.717, 1.165) is 12.0 Å². The zero-order valence-electron chi connectivity index (χ0n) is 13.1. The van der Waals surface area contributed by atoms with Gasteiger partial charge in [-0.3, -0.25) is 9.78 Å². The number of anilines is 1. The molecule has 3 rings (SSSR count). The minimum atomic E-state index is -0.0231. The monoisotopic (exact) mass is 330 g/mol. The van der Waals surface area contributed by atoms with Crippen LogP contribution in [0.2, 0.25) is 5.02 Å². The summed E-state index contributed by atoms with van der Waals surface area (Å²) in [5, 5.41) is 3.45. The van der Waals surface area contributed by atoms with Crippen molar-refractivity contribution in [1.29, 1.82) is 0 Å². The van der Waals surface area contributed by atoms with E-state index in [0.29, 0.717) is 16.5 Å². The van der Waals surface area contributed by atoms with E-state index in [4.69, 9.17) is 16.3 Å². The maximum Gasteiger partial charge on any atom is 0.228 e. The summed E-state index contributed by atoms with van der Waals surface area (Å²) in [6, 6.07) is 9.27. The smallest absolute Gasteiger partial charge is 0.228 e. The van der Waals surface area contributed by atoms with Gasteiger partial charge in [-0.05, 0) is 49.9 Å². The Morgan fingerprint density at radius 2 is 2.17 bits per heavy atom. The molecule has 0 radical (unpaired) electrons. The summed E-state index contributed by atoms with van der Waals surface area (Å²) >= 11 is 6.19. The maximum atomic E-state index is 12.5. The molecule has 1 fully saturated rings. The van der Waals surface area contributed by atoms with E-state index in [1.807, 2.05) is 38.2 Å². The lowest BCUT2D eigenvalue weighted by Gasteiger charge is -2.16. The molecule has 0 unspecified atom stereocenters. The lowest BCUT2D eigenvalue weighted by atomic mass is 10.1. The van der Waals surface area contributed by atoms with Crippen LogP contribution in [0.15, 0.2) is 42.7 Å². The van der Waals surface area contributed by atoms with Gasteiger partial charge in [0.05, 0.1) is 16.8 Å². The molecule has 1 N–H and O–H groups in total. The molecule has 4 nitrogen and oxygen atoms in total. The topological polar surface area (TPSA) is 51.2 Å². The Hall–Kier alpha value is -2.07. The number of carbonyl (C=O) groups excluding carboxylic acids is 1. The third kappa shape index (κ3) is 3.64. The first kappa shape index (κ1) is 15.8. The highest BCUT2D eigenvalue weighted by atomic mass is 35.5. The molecule has 120 valence electrons. The van der Waals surface area contributed by atoms with Gasteiger partial charge in [-0.2, -0.15) is 0 Å². The molecular weight excluding hydrogens is 312 g/mol. The average Bonchev–Trinajstić information content (AvgIpc) is 3.32. The third-order valence-corrected chi connectivity index (χ3v) is 4.12. The fraction of sp³-hybridized carbons (Fsp3) is 0.333. The first-order chi connectivity index (χ1) is 11.1. The van der Waals surface area contributed by atoms with Crippen molar-refractivity contribution < 1.29 is 9.53 Å². The number of aromatic nitrogens is 1. The first-order valence-electron chi connectivity index (χ1n) is 7.72. The van der Waals surface area contributed by atoms with Crippen LogP contribution in [0.1, 0.15) is 31.7 Å². The van der Waals surface area contributed by atoms with Crippen LogP contribution < -0.4 is 10.1 Å². The number of carbonyl (C=O) groups is 1. The van der Waals surface area contributed by atoms with E-state index < -0.39 is 0 Å². The van der Waals surface area contributed by atoms with E-state index in [9.17, 15) is 4.79 Å². The van der Waals surface area contributed by atoms with Gasteiger partial charge in [-0.25, -0.2) is 0 Å². The predicted octanol–water partition coefficient (Wildman–Crippen LogP) is 4.26. The maximum absolute atomic E-state index is 12.5. The normalized spacial score (nSPS) is 19.5. The Bertz CT molecular complexity index is 703. The third-order valence-electron chi connectivity index (χ3n) is 3.82. The summed E-state index contributed by atoms with van der Waals surface area (Å²) in [6.45, 7) is 3.85. The van der Waals surface area contributed by atoms with Gasteiger partial charge in [0.15, 0.2) is 5.75 Å². The molecule has 1 aliphatic carbocycles. The van der Waals surface area contributed by atoms with Crippen LogP contribution in [-0.2, 0) is 4.79 Å². The molecule has 1 aromatic heterocycles. The highest BCUT2D eigenvalue weighted by Gasteiger charge is 2.44. The number of para-hydroxylation sites is 1. The number of halogens is 1. The number of nitrogens with zero attached hydrogens (tertiary/aromatic N) is 1. The van der Waals surface area contributed by atoms with Crippen molar-refractivity contribution in [2.75, 3.05) is 5.32 Å². The fourth-order valence-corrected chi connectivity index (χ4v) is 2.86. The molecule has 1 heterocycles. The zero-order valence-corrected chi connectivity index (χ0v) is 13.9. The number of pyridine rings is 1. The number of hydrogen-bond acceptors (Lipinski definition) is 3. The van der Waals surface area contributed by atoms with Gasteiger partial charge < -0.3 is 10.1 Å². The highest BCUT2D eigenvalue weighted by molar-refractivity contribution is 6.32. The number of benzene rings is 1. The molecule has 1 amide bonds. The molecule has 2 atom stereocenters. The van der Waals surface area contributed by atoms with Crippen LogP contribution in [0.3, 0.4) is 0 Å². The molecule has 0 bridgehead atoms. The van der Waals surface area contributed by atoms with Crippen molar-refractivity contribution >= 4 is 23.2 Å². The second-order valence-electron chi connectivity index (χ2n) is 6.01. The molecule has 0 aliphatic heterocycles. The number of amides is 1. The lowest BCUT2D eigenvalue weighted by molar-refractivity contribution is -0.117. The molecular formula is C18H19ClN2O2. The molecule has 1 aromatic carbocycles. The Morgan fingerprint density at radius 3 is 2.87 bits per heavy atom. The summed E-state index contributed by atoms with van der Waals surface area (Å²) < 4.78 is 5.73. The number of hydrogen-bond donors (Lipinski definition) is 1. The summed E-state index contributed by atoms with van der Waals surface area (Å²) in [6.07, 6.45) is 4.39. The average molecular weight is 331 g/mol. The quantitative estimate of drug-likeness (QED) is 0.891. The standard InChI is InChI=1S/C18H19ClN2O2/c1-11(2)23-17-15(19)6-3-7-16(17)21-18(22)14-9-13(14)12-5-4-8-20-10-12/h3-8,10-11,13-14H,9H2,1-2H3,(H,21,22)/t13-,14-/m1/s1. The van der Waals surface area contributed by atoms with Crippen LogP contribution in [0.4, 0.5) is 5.69 Å². The largest absolute Gasteiger partial charge is 0.487 e. The predicted molar refractivity (Wildman–Crippen MR) is 90.9 cm³/mol. The SMILES string of the molecule is CC(C)Oc1c(Cl)cccc1NC(=O)[C@@H]1C[C@@H]1c1cccnc1. The van der Waals surface area contributed by atoms with Gasteiger partial charge in [0.2, 0.25) is 5.91 Å². The summed E-state index contributed by atoms with van der Waals surface area (Å²) in [5.41, 5.74) is 1.73. The van der Waals surface area contributed by atoms with Gasteiger partial charge >= 0.3 is 0 Å². The van der Waals surface area contributed by atoms with E-state index in [-0.39, 0.29) is 23.8 Å². The summed E-state index contributed by atoms with van der Waals surface area (Å²) in [7, 11) is 0. The second-order valence-corrected chi connectivity index (χ2v) is 6.41. The van der Waals surface area contributed by atoms with Crippen LogP contribution in [0, 0.1) is 5.92 Å². The fourth-order valence-electron chi connectivity index (χ4n) is 2.64. The minimum absolute atomic E-state index is 0.00488. The molecule has 5 heteroatoms. The summed E-state index contributed by atoms with van der Waals surface area (Å²) in [4.78, 5) is 16.6. The Kier molecular flexibility index (Phi) is 4.53. The van der Waals surface area contributed by atoms with Crippen molar-refractivity contribution in [3.8, 4) is 5.75 Å².